The molecule has 2 nitrogen and oxygen atoms in total. The van der Waals surface area contributed by atoms with Gasteiger partial charge in [0, 0.05) is 26.2 Å². The van der Waals surface area contributed by atoms with Crippen LogP contribution in [0.3, 0.4) is 0 Å². The largest absolute Gasteiger partial charge is 2.00 e. The normalized spacial score (nSPS) is 11.2. The summed E-state index contributed by atoms with van der Waals surface area (Å²) < 4.78 is 1.39. The molecule has 0 aromatic heterocycles. The van der Waals surface area contributed by atoms with E-state index in [0.29, 0.717) is 8.64 Å². The number of rotatable bonds is 72. The van der Waals surface area contributed by atoms with Crippen LogP contribution in [0.2, 0.25) is 0 Å². The summed E-state index contributed by atoms with van der Waals surface area (Å²) in [4.78, 5) is 4.61. The van der Waals surface area contributed by atoms with Gasteiger partial charge in [-0.1, -0.05) is 447 Å². The molecule has 0 N–H and O–H groups in total. The Morgan fingerprint density at radius 2 is 0.259 bits per heavy atom. The van der Waals surface area contributed by atoms with E-state index in [4.69, 9.17) is 49.7 Å². The molecule has 0 unspecified atom stereocenters. The molecule has 0 bridgehead atoms. The van der Waals surface area contributed by atoms with E-state index in [9.17, 15) is 0 Å². The van der Waals surface area contributed by atoms with Gasteiger partial charge in [0.25, 0.3) is 0 Å². The van der Waals surface area contributed by atoms with Gasteiger partial charge < -0.3 is 59.5 Å². The van der Waals surface area contributed by atoms with Crippen molar-refractivity contribution in [3.8, 4) is 0 Å². The van der Waals surface area contributed by atoms with E-state index >= 15 is 0 Å². The van der Waals surface area contributed by atoms with Crippen molar-refractivity contribution in [2.45, 2.75) is 464 Å². The van der Waals surface area contributed by atoms with Crippen molar-refractivity contribution in [3.63, 3.8) is 0 Å². The topological polar surface area (TPSA) is 6.48 Å². The number of hydrogen-bond acceptors (Lipinski definition) is 4. The molecule has 0 aliphatic heterocycles. The van der Waals surface area contributed by atoms with Crippen LogP contribution in [0.4, 0.5) is 0 Å². The summed E-state index contributed by atoms with van der Waals surface area (Å²) in [5.41, 5.74) is 0. The predicted octanol–water partition coefficient (Wildman–Crippen LogP) is 28.8. The first-order chi connectivity index (χ1) is 41.4. The smallest absolute Gasteiger partial charge is 0.411 e. The van der Waals surface area contributed by atoms with E-state index in [1.54, 1.807) is 0 Å². The van der Waals surface area contributed by atoms with Crippen LogP contribution in [0.25, 0.3) is 0 Å². The Kier molecular flexibility index (Phi) is 87.8. The summed E-state index contributed by atoms with van der Waals surface area (Å²) in [5.74, 6) is 0. The first-order valence-corrected chi connectivity index (χ1v) is 41.0. The summed E-state index contributed by atoms with van der Waals surface area (Å²) in [6.07, 6.45) is 96.9. The Morgan fingerprint density at radius 3 is 0.341 bits per heavy atom. The monoisotopic (exact) mass is 1310 g/mol. The standard InChI is InChI=1S/2C39H79NS2.Zn/c2*1-3-5-7-9-11-13-15-17-19-21-23-25-27-29-31-33-35-37-40(39(41)42)38-36-34-32-30-28-26-24-22-20-18-16-14-12-10-8-6-4-2;/h2*3-38H2,1-2H3,(H,41,42);/q;;+2/p-2. The van der Waals surface area contributed by atoms with Gasteiger partial charge in [0.1, 0.15) is 0 Å². The number of nitrogens with zero attached hydrogens (tertiary/aromatic N) is 2. The first-order valence-electron chi connectivity index (χ1n) is 39.4. The van der Waals surface area contributed by atoms with Crippen molar-refractivity contribution in [1.82, 2.24) is 9.80 Å². The SMILES string of the molecule is CCCCCCCCCCCCCCCCCCCN(CCCCCCCCCCCCCCCCCCC)C(=S)[S-].CCCCCCCCCCCCCCCCCCCN(CCCCCCCCCCCCCCCCCCC)C(=S)[S-].[Zn+2]. The third-order valence-corrected chi connectivity index (χ3v) is 19.7. The molecule has 0 aromatic carbocycles. The Hall–Kier alpha value is 0.843. The third-order valence-electron chi connectivity index (χ3n) is 18.6. The molecule has 504 valence electrons. The van der Waals surface area contributed by atoms with Gasteiger partial charge in [-0.25, -0.2) is 0 Å². The second-order valence-electron chi connectivity index (χ2n) is 27.1. The zero-order valence-electron chi connectivity index (χ0n) is 59.1. The molecular formula is C78H156N2S4Zn. The van der Waals surface area contributed by atoms with Crippen molar-refractivity contribution in [2.75, 3.05) is 26.2 Å². The van der Waals surface area contributed by atoms with Crippen LogP contribution in [0.15, 0.2) is 0 Å². The Labute approximate surface area is 573 Å². The van der Waals surface area contributed by atoms with Gasteiger partial charge in [-0.15, -0.1) is 0 Å². The molecule has 0 heterocycles. The van der Waals surface area contributed by atoms with E-state index in [1.807, 2.05) is 0 Å². The van der Waals surface area contributed by atoms with Crippen molar-refractivity contribution >= 4 is 58.3 Å². The van der Waals surface area contributed by atoms with Gasteiger partial charge >= 0.3 is 19.5 Å². The van der Waals surface area contributed by atoms with Crippen LogP contribution in [0, 0.1) is 0 Å². The van der Waals surface area contributed by atoms with Gasteiger partial charge in [-0.05, 0) is 25.7 Å². The molecule has 0 fully saturated rings. The summed E-state index contributed by atoms with van der Waals surface area (Å²) >= 11 is 21.5. The van der Waals surface area contributed by atoms with Crippen molar-refractivity contribution in [3.05, 3.63) is 0 Å². The van der Waals surface area contributed by atoms with Crippen LogP contribution >= 0.6 is 24.4 Å². The maximum absolute atomic E-state index is 5.39. The molecule has 7 heteroatoms. The zero-order valence-corrected chi connectivity index (χ0v) is 65.4. The van der Waals surface area contributed by atoms with Crippen LogP contribution < -0.4 is 0 Å². The van der Waals surface area contributed by atoms with Crippen LogP contribution in [-0.4, -0.2) is 44.6 Å². The number of unbranched alkanes of at least 4 members (excludes halogenated alkanes) is 64. The second-order valence-corrected chi connectivity index (χ2v) is 29.2. The number of hydrogen-bond donors (Lipinski definition) is 0. The molecule has 85 heavy (non-hydrogen) atoms. The second kappa shape index (κ2) is 82.9. The third kappa shape index (κ3) is 80.9. The summed E-state index contributed by atoms with van der Waals surface area (Å²) in [6.45, 7) is 13.5. The van der Waals surface area contributed by atoms with Crippen molar-refractivity contribution < 1.29 is 19.5 Å². The van der Waals surface area contributed by atoms with Gasteiger partial charge in [-0.3, -0.25) is 0 Å². The zero-order chi connectivity index (χ0) is 61.2. The maximum atomic E-state index is 5.39. The molecular weight excluding hydrogens is 1160 g/mol. The Bertz CT molecular complexity index is 1040. The molecule has 0 spiro atoms. The average Bonchev–Trinajstić information content (AvgIpc) is 3.49. The fourth-order valence-corrected chi connectivity index (χ4v) is 13.4. The Morgan fingerprint density at radius 1 is 0.176 bits per heavy atom. The Balaban J connectivity index is -0.00000156. The molecule has 0 saturated carbocycles. The van der Waals surface area contributed by atoms with E-state index < -0.39 is 0 Å². The fourth-order valence-electron chi connectivity index (χ4n) is 12.7. The van der Waals surface area contributed by atoms with Crippen LogP contribution in [0.1, 0.15) is 464 Å². The average molecular weight is 1320 g/mol. The van der Waals surface area contributed by atoms with Gasteiger partial charge in [0.2, 0.25) is 0 Å². The van der Waals surface area contributed by atoms with Crippen LogP contribution in [0.5, 0.6) is 0 Å². The molecule has 0 amide bonds. The van der Waals surface area contributed by atoms with Gasteiger partial charge in [0.15, 0.2) is 0 Å². The number of thiocarbonyl (C=S) groups is 2. The van der Waals surface area contributed by atoms with E-state index in [0.717, 1.165) is 26.2 Å². The summed E-state index contributed by atoms with van der Waals surface area (Å²) in [6, 6.07) is 0. The van der Waals surface area contributed by atoms with Crippen molar-refractivity contribution in [2.24, 2.45) is 0 Å². The van der Waals surface area contributed by atoms with E-state index in [1.165, 1.54) is 437 Å². The maximum Gasteiger partial charge on any atom is 2.00 e. The molecule has 0 radical (unpaired) electrons. The van der Waals surface area contributed by atoms with Crippen molar-refractivity contribution in [1.29, 1.82) is 0 Å². The molecule has 0 rings (SSSR count). The van der Waals surface area contributed by atoms with Gasteiger partial charge in [0.05, 0.1) is 0 Å². The minimum absolute atomic E-state index is 0. The molecule has 0 aromatic rings. The molecule has 0 aliphatic rings. The minimum Gasteiger partial charge on any atom is -0.411 e. The molecule has 0 aliphatic carbocycles. The predicted molar refractivity (Wildman–Crippen MR) is 400 cm³/mol. The van der Waals surface area contributed by atoms with Crippen LogP contribution in [-0.2, 0) is 44.7 Å². The summed E-state index contributed by atoms with van der Waals surface area (Å²) in [5, 5.41) is 0. The van der Waals surface area contributed by atoms with E-state index in [2.05, 4.69) is 37.5 Å². The molecule has 0 atom stereocenters. The quantitative estimate of drug-likeness (QED) is 0.0257. The fraction of sp³-hybridized carbons (Fsp3) is 0.974. The minimum atomic E-state index is 0. The van der Waals surface area contributed by atoms with Gasteiger partial charge in [-0.2, -0.15) is 0 Å². The first kappa shape index (κ1) is 90.0. The van der Waals surface area contributed by atoms with E-state index in [-0.39, 0.29) is 19.5 Å². The molecule has 0 saturated heterocycles. The summed E-state index contributed by atoms with van der Waals surface area (Å²) in [7, 11) is 0.